The molecule has 0 aliphatic carbocycles. The Labute approximate surface area is 105 Å². The predicted molar refractivity (Wildman–Crippen MR) is 66.9 cm³/mol. The zero-order valence-electron chi connectivity index (χ0n) is 10.7. The summed E-state index contributed by atoms with van der Waals surface area (Å²) in [6.07, 6.45) is 0. The zero-order chi connectivity index (χ0) is 13.1. The fraction of sp³-hybridized carbons (Fsp3) is 0.385. The van der Waals surface area contributed by atoms with E-state index in [1.807, 2.05) is 25.8 Å². The lowest BCUT2D eigenvalue weighted by molar-refractivity contribution is 0.407. The van der Waals surface area contributed by atoms with Crippen LogP contribution in [0.25, 0.3) is 0 Å². The maximum absolute atomic E-state index is 12.8. The van der Waals surface area contributed by atoms with Crippen LogP contribution in [0, 0.1) is 5.82 Å². The van der Waals surface area contributed by atoms with E-state index in [1.165, 1.54) is 12.1 Å². The summed E-state index contributed by atoms with van der Waals surface area (Å²) in [7, 11) is 1.86. The molecule has 18 heavy (non-hydrogen) atoms. The van der Waals surface area contributed by atoms with E-state index in [0.29, 0.717) is 18.4 Å². The summed E-state index contributed by atoms with van der Waals surface area (Å²) in [4.78, 5) is 6.14. The molecule has 0 bridgehead atoms. The number of aromatic nitrogens is 2. The highest BCUT2D eigenvalue weighted by Crippen LogP contribution is 2.17. The molecule has 0 saturated carbocycles. The van der Waals surface area contributed by atoms with E-state index >= 15 is 0 Å². The lowest BCUT2D eigenvalue weighted by Crippen LogP contribution is -2.16. The second-order valence-corrected chi connectivity index (χ2v) is 4.57. The van der Waals surface area contributed by atoms with Gasteiger partial charge in [0.05, 0.1) is 0 Å². The zero-order valence-corrected chi connectivity index (χ0v) is 10.7. The number of hydrogen-bond donors (Lipinski definition) is 0. The van der Waals surface area contributed by atoms with Gasteiger partial charge in [0, 0.05) is 19.5 Å². The third-order valence-electron chi connectivity index (χ3n) is 2.61. The number of anilines is 1. The quantitative estimate of drug-likeness (QED) is 0.835. The van der Waals surface area contributed by atoms with Crippen LogP contribution in [0.15, 0.2) is 28.8 Å². The Bertz CT molecular complexity index is 507. The first kappa shape index (κ1) is 12.5. The van der Waals surface area contributed by atoms with Gasteiger partial charge in [0.25, 0.3) is 0 Å². The Kier molecular flexibility index (Phi) is 3.60. The Morgan fingerprint density at radius 2 is 1.94 bits per heavy atom. The van der Waals surface area contributed by atoms with Gasteiger partial charge in [-0.1, -0.05) is 31.1 Å². The molecule has 0 fully saturated rings. The number of rotatable bonds is 4. The molecule has 5 heteroatoms. The highest BCUT2D eigenvalue weighted by molar-refractivity contribution is 5.28. The van der Waals surface area contributed by atoms with Gasteiger partial charge in [-0.25, -0.2) is 4.39 Å². The maximum Gasteiger partial charge on any atom is 0.324 e. The van der Waals surface area contributed by atoms with Gasteiger partial charge in [-0.2, -0.15) is 4.98 Å². The van der Waals surface area contributed by atoms with Crippen LogP contribution in [0.3, 0.4) is 0 Å². The van der Waals surface area contributed by atoms with Crippen LogP contribution in [-0.2, 0) is 6.54 Å². The molecule has 0 aliphatic heterocycles. The summed E-state index contributed by atoms with van der Waals surface area (Å²) in [6.45, 7) is 4.61. The highest BCUT2D eigenvalue weighted by Gasteiger charge is 2.13. The molecule has 4 nitrogen and oxygen atoms in total. The third-order valence-corrected chi connectivity index (χ3v) is 2.61. The van der Waals surface area contributed by atoms with Crippen LogP contribution in [0.4, 0.5) is 10.4 Å². The van der Waals surface area contributed by atoms with Crippen molar-refractivity contribution in [3.63, 3.8) is 0 Å². The second kappa shape index (κ2) is 5.16. The van der Waals surface area contributed by atoms with Gasteiger partial charge in [-0.3, -0.25) is 0 Å². The third kappa shape index (κ3) is 2.85. The van der Waals surface area contributed by atoms with Crippen LogP contribution in [0.5, 0.6) is 0 Å². The van der Waals surface area contributed by atoms with Gasteiger partial charge in [0.2, 0.25) is 0 Å². The Morgan fingerprint density at radius 1 is 1.28 bits per heavy atom. The molecule has 2 rings (SSSR count). The highest BCUT2D eigenvalue weighted by atomic mass is 19.1. The smallest absolute Gasteiger partial charge is 0.323 e. The predicted octanol–water partition coefficient (Wildman–Crippen LogP) is 2.97. The molecule has 1 aromatic heterocycles. The van der Waals surface area contributed by atoms with Gasteiger partial charge < -0.3 is 9.42 Å². The molecular formula is C13H16FN3O. The van der Waals surface area contributed by atoms with Gasteiger partial charge >= 0.3 is 6.01 Å². The van der Waals surface area contributed by atoms with E-state index < -0.39 is 0 Å². The van der Waals surface area contributed by atoms with Crippen molar-refractivity contribution in [2.24, 2.45) is 0 Å². The van der Waals surface area contributed by atoms with Crippen molar-refractivity contribution in [2.45, 2.75) is 26.3 Å². The molecule has 0 spiro atoms. The molecule has 0 amide bonds. The molecule has 1 aromatic carbocycles. The van der Waals surface area contributed by atoms with Crippen molar-refractivity contribution >= 4 is 6.01 Å². The normalized spacial score (nSPS) is 10.9. The standard InChI is InChI=1S/C13H16FN3O/c1-9(2)12-15-13(18-16-12)17(3)8-10-4-6-11(14)7-5-10/h4-7,9H,8H2,1-3H3. The van der Waals surface area contributed by atoms with E-state index in [1.54, 1.807) is 12.1 Å². The average Bonchev–Trinajstić information content (AvgIpc) is 2.81. The topological polar surface area (TPSA) is 42.2 Å². The van der Waals surface area contributed by atoms with E-state index in [4.69, 9.17) is 4.52 Å². The average molecular weight is 249 g/mol. The molecule has 2 aromatic rings. The summed E-state index contributed by atoms with van der Waals surface area (Å²) in [5, 5.41) is 3.90. The minimum atomic E-state index is -0.235. The summed E-state index contributed by atoms with van der Waals surface area (Å²) in [6, 6.07) is 6.84. The van der Waals surface area contributed by atoms with Gasteiger partial charge in [-0.05, 0) is 17.7 Å². The minimum Gasteiger partial charge on any atom is -0.323 e. The first-order chi connectivity index (χ1) is 8.56. The number of nitrogens with zero attached hydrogens (tertiary/aromatic N) is 3. The van der Waals surface area contributed by atoms with Crippen molar-refractivity contribution in [3.8, 4) is 0 Å². The second-order valence-electron chi connectivity index (χ2n) is 4.57. The van der Waals surface area contributed by atoms with Crippen LogP contribution >= 0.6 is 0 Å². The van der Waals surface area contributed by atoms with Crippen molar-refractivity contribution in [1.29, 1.82) is 0 Å². The van der Waals surface area contributed by atoms with E-state index in [9.17, 15) is 4.39 Å². The first-order valence-electron chi connectivity index (χ1n) is 5.85. The number of hydrogen-bond acceptors (Lipinski definition) is 4. The molecule has 0 aliphatic rings. The van der Waals surface area contributed by atoms with Crippen LogP contribution < -0.4 is 4.90 Å². The summed E-state index contributed by atoms with van der Waals surface area (Å²) < 4.78 is 18.0. The number of halogens is 1. The molecule has 0 radical (unpaired) electrons. The van der Waals surface area contributed by atoms with Crippen LogP contribution in [0.1, 0.15) is 31.2 Å². The molecule has 0 atom stereocenters. The van der Waals surface area contributed by atoms with Gasteiger partial charge in [0.1, 0.15) is 5.82 Å². The SMILES string of the molecule is CC(C)c1noc(N(C)Cc2ccc(F)cc2)n1. The van der Waals surface area contributed by atoms with E-state index in [0.717, 1.165) is 5.56 Å². The summed E-state index contributed by atoms with van der Waals surface area (Å²) in [5.41, 5.74) is 0.989. The van der Waals surface area contributed by atoms with Crippen molar-refractivity contribution in [1.82, 2.24) is 10.1 Å². The Morgan fingerprint density at radius 3 is 2.50 bits per heavy atom. The summed E-state index contributed by atoms with van der Waals surface area (Å²) in [5.74, 6) is 0.693. The van der Waals surface area contributed by atoms with E-state index in [-0.39, 0.29) is 11.7 Å². The lowest BCUT2D eigenvalue weighted by Gasteiger charge is -2.13. The van der Waals surface area contributed by atoms with Crippen molar-refractivity contribution in [3.05, 3.63) is 41.5 Å². The van der Waals surface area contributed by atoms with Crippen molar-refractivity contribution in [2.75, 3.05) is 11.9 Å². The molecular weight excluding hydrogens is 233 g/mol. The Balaban J connectivity index is 2.06. The summed E-state index contributed by atoms with van der Waals surface area (Å²) >= 11 is 0. The molecule has 0 saturated heterocycles. The maximum atomic E-state index is 12.8. The van der Waals surface area contributed by atoms with Crippen molar-refractivity contribution < 1.29 is 8.91 Å². The molecule has 1 heterocycles. The largest absolute Gasteiger partial charge is 0.324 e. The number of benzene rings is 1. The van der Waals surface area contributed by atoms with Gasteiger partial charge in [0.15, 0.2) is 5.82 Å². The fourth-order valence-corrected chi connectivity index (χ4v) is 1.55. The van der Waals surface area contributed by atoms with E-state index in [2.05, 4.69) is 10.1 Å². The van der Waals surface area contributed by atoms with Gasteiger partial charge in [-0.15, -0.1) is 0 Å². The minimum absolute atomic E-state index is 0.235. The Hall–Kier alpha value is -1.91. The molecule has 0 unspecified atom stereocenters. The fourth-order valence-electron chi connectivity index (χ4n) is 1.55. The lowest BCUT2D eigenvalue weighted by atomic mass is 10.2. The monoisotopic (exact) mass is 249 g/mol. The van der Waals surface area contributed by atoms with Crippen LogP contribution in [0.2, 0.25) is 0 Å². The molecule has 0 N–H and O–H groups in total. The van der Waals surface area contributed by atoms with Crippen LogP contribution in [-0.4, -0.2) is 17.2 Å². The molecule has 96 valence electrons. The first-order valence-corrected chi connectivity index (χ1v) is 5.85.